The van der Waals surface area contributed by atoms with E-state index < -0.39 is 0 Å². The van der Waals surface area contributed by atoms with E-state index in [0.29, 0.717) is 0 Å². The average molecular weight is 209 g/mol. The first kappa shape index (κ1) is 10.5. The molecule has 0 aromatic carbocycles. The predicted molar refractivity (Wildman–Crippen MR) is 59.9 cm³/mol. The number of rotatable bonds is 3. The lowest BCUT2D eigenvalue weighted by atomic mass is 10.1. The van der Waals surface area contributed by atoms with Gasteiger partial charge >= 0.3 is 0 Å². The minimum atomic E-state index is 0.0405. The zero-order valence-corrected chi connectivity index (χ0v) is 9.32. The van der Waals surface area contributed by atoms with Crippen LogP contribution in [0.4, 0.5) is 5.69 Å². The molecule has 0 bridgehead atoms. The third-order valence-corrected chi connectivity index (χ3v) is 2.99. The van der Waals surface area contributed by atoms with Gasteiger partial charge in [-0.2, -0.15) is 5.10 Å². The minimum Gasteiger partial charge on any atom is -0.390 e. The zero-order chi connectivity index (χ0) is 10.7. The molecule has 0 aliphatic carbocycles. The molecule has 84 valence electrons. The van der Waals surface area contributed by atoms with E-state index >= 15 is 0 Å². The number of aliphatic hydroxyl groups is 1. The van der Waals surface area contributed by atoms with Gasteiger partial charge in [-0.1, -0.05) is 0 Å². The first-order chi connectivity index (χ1) is 7.35. The molecule has 4 nitrogen and oxygen atoms in total. The highest BCUT2D eigenvalue weighted by Crippen LogP contribution is 2.23. The molecule has 2 heterocycles. The van der Waals surface area contributed by atoms with E-state index in [4.69, 9.17) is 0 Å². The van der Waals surface area contributed by atoms with Crippen LogP contribution in [0, 0.1) is 0 Å². The van der Waals surface area contributed by atoms with Crippen molar-refractivity contribution in [3.8, 4) is 0 Å². The lowest BCUT2D eigenvalue weighted by Crippen LogP contribution is -2.29. The Morgan fingerprint density at radius 3 is 2.67 bits per heavy atom. The Morgan fingerprint density at radius 2 is 2.07 bits per heavy atom. The van der Waals surface area contributed by atoms with Crippen molar-refractivity contribution in [2.75, 3.05) is 18.0 Å². The fourth-order valence-corrected chi connectivity index (χ4v) is 2.12. The highest BCUT2D eigenvalue weighted by atomic mass is 16.3. The molecule has 0 atom stereocenters. The number of hydrogen-bond acceptors (Lipinski definition) is 3. The maximum atomic E-state index is 9.26. The van der Waals surface area contributed by atoms with Gasteiger partial charge in [-0.05, 0) is 26.2 Å². The summed E-state index contributed by atoms with van der Waals surface area (Å²) in [6.07, 6.45) is 5.88. The molecule has 4 heteroatoms. The van der Waals surface area contributed by atoms with Crippen molar-refractivity contribution in [1.82, 2.24) is 9.78 Å². The van der Waals surface area contributed by atoms with Crippen LogP contribution in [0.3, 0.4) is 0 Å². The third-order valence-electron chi connectivity index (χ3n) is 2.99. The quantitative estimate of drug-likeness (QED) is 0.817. The maximum Gasteiger partial charge on any atom is 0.111 e. The van der Waals surface area contributed by atoms with E-state index in [1.165, 1.54) is 19.3 Å². The molecule has 1 N–H and O–H groups in total. The molecule has 0 unspecified atom stereocenters. The van der Waals surface area contributed by atoms with Gasteiger partial charge in [-0.25, -0.2) is 0 Å². The Kier molecular flexibility index (Phi) is 3.26. The van der Waals surface area contributed by atoms with Crippen molar-refractivity contribution >= 4 is 5.69 Å². The SMILES string of the molecule is CCn1cc(N2CCCCC2)c(CO)n1. The first-order valence-corrected chi connectivity index (χ1v) is 5.77. The van der Waals surface area contributed by atoms with Gasteiger partial charge in [-0.15, -0.1) is 0 Å². The number of aliphatic hydroxyl groups excluding tert-OH is 1. The number of hydrogen-bond donors (Lipinski definition) is 1. The van der Waals surface area contributed by atoms with Crippen LogP contribution in [0.2, 0.25) is 0 Å². The van der Waals surface area contributed by atoms with Crippen molar-refractivity contribution in [3.63, 3.8) is 0 Å². The molecule has 1 aromatic heterocycles. The molecule has 1 aliphatic rings. The zero-order valence-electron chi connectivity index (χ0n) is 9.32. The normalized spacial score (nSPS) is 17.1. The maximum absolute atomic E-state index is 9.26. The molecule has 1 saturated heterocycles. The Hall–Kier alpha value is -1.03. The largest absolute Gasteiger partial charge is 0.390 e. The number of nitrogens with zero attached hydrogens (tertiary/aromatic N) is 3. The molecule has 0 radical (unpaired) electrons. The second kappa shape index (κ2) is 4.66. The molecule has 1 fully saturated rings. The van der Waals surface area contributed by atoms with E-state index in [-0.39, 0.29) is 6.61 Å². The van der Waals surface area contributed by atoms with E-state index in [0.717, 1.165) is 31.0 Å². The van der Waals surface area contributed by atoms with Gasteiger partial charge in [-0.3, -0.25) is 4.68 Å². The van der Waals surface area contributed by atoms with E-state index in [1.54, 1.807) is 0 Å². The van der Waals surface area contributed by atoms with Crippen molar-refractivity contribution in [2.24, 2.45) is 0 Å². The standard InChI is InChI=1S/C11H19N3O/c1-2-14-8-11(10(9-15)12-14)13-6-4-3-5-7-13/h8,15H,2-7,9H2,1H3. The summed E-state index contributed by atoms with van der Waals surface area (Å²) in [5.41, 5.74) is 1.94. The van der Waals surface area contributed by atoms with Crippen LogP contribution in [0.25, 0.3) is 0 Å². The molecule has 1 aromatic rings. The van der Waals surface area contributed by atoms with Crippen LogP contribution >= 0.6 is 0 Å². The highest BCUT2D eigenvalue weighted by Gasteiger charge is 2.16. The Labute approximate surface area is 90.5 Å². The number of piperidine rings is 1. The topological polar surface area (TPSA) is 41.3 Å². The summed E-state index contributed by atoms with van der Waals surface area (Å²) in [6, 6.07) is 0. The van der Waals surface area contributed by atoms with Crippen LogP contribution < -0.4 is 4.90 Å². The lowest BCUT2D eigenvalue weighted by Gasteiger charge is -2.28. The molecule has 1 aliphatic heterocycles. The second-order valence-corrected chi connectivity index (χ2v) is 4.02. The lowest BCUT2D eigenvalue weighted by molar-refractivity contribution is 0.275. The molecular weight excluding hydrogens is 190 g/mol. The summed E-state index contributed by atoms with van der Waals surface area (Å²) in [4.78, 5) is 2.34. The summed E-state index contributed by atoms with van der Waals surface area (Å²) in [6.45, 7) is 5.17. The monoisotopic (exact) mass is 209 g/mol. The van der Waals surface area contributed by atoms with E-state index in [2.05, 4.69) is 23.1 Å². The summed E-state index contributed by atoms with van der Waals surface area (Å²) in [5.74, 6) is 0. The second-order valence-electron chi connectivity index (χ2n) is 4.02. The predicted octanol–water partition coefficient (Wildman–Crippen LogP) is 1.39. The summed E-state index contributed by atoms with van der Waals surface area (Å²) >= 11 is 0. The molecule has 0 saturated carbocycles. The minimum absolute atomic E-state index is 0.0405. The van der Waals surface area contributed by atoms with Crippen LogP contribution in [-0.4, -0.2) is 28.0 Å². The average Bonchev–Trinajstić information content (AvgIpc) is 2.73. The smallest absolute Gasteiger partial charge is 0.111 e. The summed E-state index contributed by atoms with van der Waals surface area (Å²) in [7, 11) is 0. The van der Waals surface area contributed by atoms with Crippen LogP contribution in [0.1, 0.15) is 31.9 Å². The van der Waals surface area contributed by atoms with Gasteiger partial charge in [0.2, 0.25) is 0 Å². The van der Waals surface area contributed by atoms with Crippen LogP contribution in [0.5, 0.6) is 0 Å². The fraction of sp³-hybridized carbons (Fsp3) is 0.727. The van der Waals surface area contributed by atoms with Gasteiger partial charge in [0.1, 0.15) is 5.69 Å². The Bertz CT molecular complexity index is 316. The highest BCUT2D eigenvalue weighted by molar-refractivity contribution is 5.49. The number of anilines is 1. The molecular formula is C11H19N3O. The van der Waals surface area contributed by atoms with E-state index in [9.17, 15) is 5.11 Å². The van der Waals surface area contributed by atoms with Crippen molar-refractivity contribution in [3.05, 3.63) is 11.9 Å². The van der Waals surface area contributed by atoms with Gasteiger partial charge < -0.3 is 10.0 Å². The van der Waals surface area contributed by atoms with E-state index in [1.807, 2.05) is 4.68 Å². The van der Waals surface area contributed by atoms with Gasteiger partial charge in [0.25, 0.3) is 0 Å². The van der Waals surface area contributed by atoms with Gasteiger partial charge in [0.05, 0.1) is 12.3 Å². The Morgan fingerprint density at radius 1 is 1.33 bits per heavy atom. The van der Waals surface area contributed by atoms with Gasteiger partial charge in [0, 0.05) is 25.8 Å². The summed E-state index contributed by atoms with van der Waals surface area (Å²) < 4.78 is 1.90. The van der Waals surface area contributed by atoms with Crippen LogP contribution in [-0.2, 0) is 13.2 Å². The van der Waals surface area contributed by atoms with Crippen LogP contribution in [0.15, 0.2) is 6.20 Å². The third kappa shape index (κ3) is 2.15. The first-order valence-electron chi connectivity index (χ1n) is 5.77. The molecule has 2 rings (SSSR count). The van der Waals surface area contributed by atoms with Crippen molar-refractivity contribution < 1.29 is 5.11 Å². The number of aromatic nitrogens is 2. The molecule has 0 spiro atoms. The molecule has 15 heavy (non-hydrogen) atoms. The fourth-order valence-electron chi connectivity index (χ4n) is 2.12. The Balaban J connectivity index is 2.20. The molecule has 0 amide bonds. The summed E-state index contributed by atoms with van der Waals surface area (Å²) in [5, 5.41) is 13.6. The van der Waals surface area contributed by atoms with Gasteiger partial charge in [0.15, 0.2) is 0 Å². The van der Waals surface area contributed by atoms with Crippen molar-refractivity contribution in [2.45, 2.75) is 39.3 Å². The van der Waals surface area contributed by atoms with Crippen molar-refractivity contribution in [1.29, 1.82) is 0 Å². The number of aryl methyl sites for hydroxylation is 1.